The summed E-state index contributed by atoms with van der Waals surface area (Å²) < 4.78 is 0. The zero-order valence-corrected chi connectivity index (χ0v) is 20.9. The maximum atomic E-state index is 13.3. The molecule has 0 radical (unpaired) electrons. The minimum Gasteiger partial charge on any atom is -0.506 e. The Balaban J connectivity index is 1.60. The van der Waals surface area contributed by atoms with Crippen LogP contribution in [0.3, 0.4) is 0 Å². The number of nitrogens with one attached hydrogen (secondary N) is 3. The van der Waals surface area contributed by atoms with Crippen LogP contribution in [0.25, 0.3) is 0 Å². The molecule has 0 saturated carbocycles. The fraction of sp³-hybridized carbons (Fsp3) is 0.393. The summed E-state index contributed by atoms with van der Waals surface area (Å²) in [6.45, 7) is 8.72. The van der Waals surface area contributed by atoms with Gasteiger partial charge in [0, 0.05) is 18.2 Å². The highest BCUT2D eigenvalue weighted by Crippen LogP contribution is 2.29. The van der Waals surface area contributed by atoms with Gasteiger partial charge in [-0.3, -0.25) is 4.79 Å². The van der Waals surface area contributed by atoms with Crippen LogP contribution in [0.2, 0.25) is 0 Å². The van der Waals surface area contributed by atoms with Crippen molar-refractivity contribution in [3.8, 4) is 5.75 Å². The first-order valence-corrected chi connectivity index (χ1v) is 12.3. The largest absolute Gasteiger partial charge is 0.506 e. The zero-order chi connectivity index (χ0) is 25.0. The van der Waals surface area contributed by atoms with E-state index in [0.717, 1.165) is 25.7 Å². The van der Waals surface area contributed by atoms with Crippen molar-refractivity contribution in [2.45, 2.75) is 65.5 Å². The molecule has 4 N–H and O–H groups in total. The van der Waals surface area contributed by atoms with Crippen LogP contribution in [0, 0.1) is 5.41 Å². The average molecular weight is 474 g/mol. The maximum Gasteiger partial charge on any atom is 0.270 e. The van der Waals surface area contributed by atoms with Crippen LogP contribution in [-0.4, -0.2) is 33.1 Å². The Labute approximate surface area is 207 Å². The van der Waals surface area contributed by atoms with Crippen molar-refractivity contribution in [3.63, 3.8) is 0 Å². The summed E-state index contributed by atoms with van der Waals surface area (Å²) in [7, 11) is 0. The molecule has 1 aromatic heterocycles. The number of aromatic hydroxyl groups is 1. The van der Waals surface area contributed by atoms with Crippen molar-refractivity contribution in [3.05, 3.63) is 71.4 Å². The van der Waals surface area contributed by atoms with Gasteiger partial charge in [0.15, 0.2) is 0 Å². The first-order chi connectivity index (χ1) is 16.7. The molecule has 1 atom stereocenters. The second-order valence-corrected chi connectivity index (χ2v) is 10.3. The molecule has 0 saturated heterocycles. The van der Waals surface area contributed by atoms with Gasteiger partial charge in [-0.1, -0.05) is 70.5 Å². The lowest BCUT2D eigenvalue weighted by molar-refractivity contribution is 0.0933. The Hall–Kier alpha value is -3.61. The van der Waals surface area contributed by atoms with Crippen molar-refractivity contribution in [1.29, 1.82) is 0 Å². The molecule has 4 rings (SSSR count). The number of nitrogens with zero attached hydrogens (tertiary/aromatic N) is 2. The Morgan fingerprint density at radius 1 is 1.06 bits per heavy atom. The number of amides is 1. The monoisotopic (exact) mass is 473 g/mol. The van der Waals surface area contributed by atoms with E-state index in [4.69, 9.17) is 0 Å². The van der Waals surface area contributed by atoms with Gasteiger partial charge < -0.3 is 21.1 Å². The number of phenols is 1. The molecule has 7 nitrogen and oxygen atoms in total. The number of benzene rings is 2. The van der Waals surface area contributed by atoms with Gasteiger partial charge in [0.05, 0.1) is 5.69 Å². The van der Waals surface area contributed by atoms with E-state index < -0.39 is 0 Å². The van der Waals surface area contributed by atoms with E-state index in [0.29, 0.717) is 11.5 Å². The summed E-state index contributed by atoms with van der Waals surface area (Å²) in [5.41, 5.74) is 3.31. The molecule has 1 aliphatic rings. The number of carbonyl (C=O) groups excluding carboxylic acids is 1. The van der Waals surface area contributed by atoms with Crippen LogP contribution < -0.4 is 16.0 Å². The molecule has 0 aliphatic heterocycles. The summed E-state index contributed by atoms with van der Waals surface area (Å²) in [5.74, 6) is 0.672. The molecular formula is C28H35N5O2. The van der Waals surface area contributed by atoms with E-state index in [9.17, 15) is 9.90 Å². The molecule has 7 heteroatoms. The van der Waals surface area contributed by atoms with E-state index >= 15 is 0 Å². The van der Waals surface area contributed by atoms with E-state index in [2.05, 4.69) is 65.7 Å². The topological polar surface area (TPSA) is 99.2 Å². The highest BCUT2D eigenvalue weighted by molar-refractivity contribution is 5.93. The number of phenolic OH excluding ortho intramolecular Hbond substituents is 1. The minimum absolute atomic E-state index is 0.00426. The summed E-state index contributed by atoms with van der Waals surface area (Å²) in [4.78, 5) is 22.4. The fourth-order valence-electron chi connectivity index (χ4n) is 4.50. The quantitative estimate of drug-likeness (QED) is 0.325. The van der Waals surface area contributed by atoms with E-state index in [1.165, 1.54) is 11.1 Å². The third kappa shape index (κ3) is 6.10. The number of hydrogen-bond donors (Lipinski definition) is 4. The predicted molar refractivity (Wildman–Crippen MR) is 140 cm³/mol. The van der Waals surface area contributed by atoms with Crippen molar-refractivity contribution >= 4 is 23.4 Å². The number of anilines is 3. The molecule has 3 aromatic rings. The summed E-state index contributed by atoms with van der Waals surface area (Å²) in [6, 6.07) is 17.1. The van der Waals surface area contributed by atoms with Gasteiger partial charge in [0.1, 0.15) is 17.3 Å². The van der Waals surface area contributed by atoms with Gasteiger partial charge in [-0.05, 0) is 47.9 Å². The Morgan fingerprint density at radius 3 is 2.34 bits per heavy atom. The SMILES string of the molecule is CCCC(Nc1cc(C(=O)NC2Cc3ccccc3C2)nc(Nc2ccccc2O)n1)C(C)(C)C. The van der Waals surface area contributed by atoms with Crippen molar-refractivity contribution in [2.24, 2.45) is 5.41 Å². The third-order valence-corrected chi connectivity index (χ3v) is 6.44. The standard InChI is InChI=1S/C28H35N5O2/c1-5-10-24(28(2,3)4)32-25-17-22(31-27(33-25)30-21-13-8-9-14-23(21)34)26(35)29-20-15-18-11-6-7-12-19(18)16-20/h6-9,11-14,17,20,24,34H,5,10,15-16H2,1-4H3,(H,29,35)(H2,30,31,32,33). The molecule has 1 amide bonds. The highest BCUT2D eigenvalue weighted by Gasteiger charge is 2.26. The third-order valence-electron chi connectivity index (χ3n) is 6.44. The molecular weight excluding hydrogens is 438 g/mol. The first kappa shape index (κ1) is 24.5. The average Bonchev–Trinajstić information content (AvgIpc) is 3.22. The van der Waals surface area contributed by atoms with Crippen LogP contribution in [0.5, 0.6) is 5.75 Å². The molecule has 184 valence electrons. The highest BCUT2D eigenvalue weighted by atomic mass is 16.3. The zero-order valence-electron chi connectivity index (χ0n) is 20.9. The second kappa shape index (κ2) is 10.3. The van der Waals surface area contributed by atoms with E-state index in [1.54, 1.807) is 24.3 Å². The smallest absolute Gasteiger partial charge is 0.270 e. The number of aromatic nitrogens is 2. The van der Waals surface area contributed by atoms with E-state index in [1.807, 2.05) is 18.2 Å². The van der Waals surface area contributed by atoms with Crippen LogP contribution in [0.1, 0.15) is 62.2 Å². The van der Waals surface area contributed by atoms with Gasteiger partial charge in [-0.15, -0.1) is 0 Å². The number of fused-ring (bicyclic) bond motifs is 1. The van der Waals surface area contributed by atoms with Gasteiger partial charge >= 0.3 is 0 Å². The Morgan fingerprint density at radius 2 is 1.71 bits per heavy atom. The second-order valence-electron chi connectivity index (χ2n) is 10.3. The van der Waals surface area contributed by atoms with Crippen molar-refractivity contribution in [2.75, 3.05) is 10.6 Å². The van der Waals surface area contributed by atoms with Crippen LogP contribution in [0.15, 0.2) is 54.6 Å². The number of para-hydroxylation sites is 2. The Kier molecular flexibility index (Phi) is 7.24. The normalized spacial score (nSPS) is 14.3. The van der Waals surface area contributed by atoms with Crippen LogP contribution in [-0.2, 0) is 12.8 Å². The molecule has 0 fully saturated rings. The lowest BCUT2D eigenvalue weighted by Crippen LogP contribution is -2.36. The molecule has 0 spiro atoms. The van der Waals surface area contributed by atoms with Gasteiger partial charge in [0.2, 0.25) is 5.95 Å². The first-order valence-electron chi connectivity index (χ1n) is 12.3. The number of rotatable bonds is 8. The number of carbonyl (C=O) groups is 1. The molecule has 2 aromatic carbocycles. The lowest BCUT2D eigenvalue weighted by Gasteiger charge is -2.32. The van der Waals surface area contributed by atoms with Crippen LogP contribution in [0.4, 0.5) is 17.5 Å². The minimum atomic E-state index is -0.239. The van der Waals surface area contributed by atoms with Crippen molar-refractivity contribution in [1.82, 2.24) is 15.3 Å². The van der Waals surface area contributed by atoms with E-state index in [-0.39, 0.29) is 40.8 Å². The van der Waals surface area contributed by atoms with Gasteiger partial charge in [-0.25, -0.2) is 4.98 Å². The molecule has 0 bridgehead atoms. The summed E-state index contributed by atoms with van der Waals surface area (Å²) >= 11 is 0. The van der Waals surface area contributed by atoms with Gasteiger partial charge in [0.25, 0.3) is 5.91 Å². The molecule has 1 heterocycles. The fourth-order valence-corrected chi connectivity index (χ4v) is 4.50. The Bertz CT molecular complexity index is 1160. The van der Waals surface area contributed by atoms with Crippen molar-refractivity contribution < 1.29 is 9.90 Å². The lowest BCUT2D eigenvalue weighted by atomic mass is 9.84. The van der Waals surface area contributed by atoms with Crippen LogP contribution >= 0.6 is 0 Å². The summed E-state index contributed by atoms with van der Waals surface area (Å²) in [6.07, 6.45) is 3.61. The molecule has 1 unspecified atom stereocenters. The maximum absolute atomic E-state index is 13.3. The molecule has 35 heavy (non-hydrogen) atoms. The molecule has 1 aliphatic carbocycles. The predicted octanol–water partition coefficient (Wildman–Crippen LogP) is 5.45. The summed E-state index contributed by atoms with van der Waals surface area (Å²) in [5, 5.41) is 19.9. The number of hydrogen-bond acceptors (Lipinski definition) is 6. The van der Waals surface area contributed by atoms with Gasteiger partial charge in [-0.2, -0.15) is 4.98 Å².